The predicted molar refractivity (Wildman–Crippen MR) is 53.0 cm³/mol. The Labute approximate surface area is 83.3 Å². The molecule has 14 heavy (non-hydrogen) atoms. The molecule has 1 heterocycles. The molecule has 1 amide bonds. The zero-order valence-electron chi connectivity index (χ0n) is 8.41. The number of methoxy groups -OCH3 is 1. The molecule has 1 aliphatic heterocycles. The number of fused-ring (bicyclic) bond motifs is 1. The Morgan fingerprint density at radius 1 is 1.50 bits per heavy atom. The van der Waals surface area contributed by atoms with Crippen LogP contribution >= 0.6 is 0 Å². The molecule has 3 nitrogen and oxygen atoms in total. The number of amides is 1. The first kappa shape index (κ1) is 9.21. The molecule has 0 fully saturated rings. The van der Waals surface area contributed by atoms with E-state index in [4.69, 9.17) is 4.74 Å². The van der Waals surface area contributed by atoms with Gasteiger partial charge in [-0.1, -0.05) is 12.1 Å². The lowest BCUT2D eigenvalue weighted by Gasteiger charge is -2.04. The fraction of sp³-hybridized carbons (Fsp3) is 0.364. The van der Waals surface area contributed by atoms with E-state index >= 15 is 0 Å². The molecule has 0 radical (unpaired) electrons. The third-order valence-corrected chi connectivity index (χ3v) is 2.47. The highest BCUT2D eigenvalue weighted by Gasteiger charge is 2.23. The van der Waals surface area contributed by atoms with E-state index in [1.54, 1.807) is 12.0 Å². The molecule has 0 N–H and O–H groups in total. The molecule has 2 rings (SSSR count). The van der Waals surface area contributed by atoms with Gasteiger partial charge in [0.05, 0.1) is 6.61 Å². The van der Waals surface area contributed by atoms with Crippen molar-refractivity contribution in [1.82, 2.24) is 4.90 Å². The average Bonchev–Trinajstić information content (AvgIpc) is 2.45. The zero-order chi connectivity index (χ0) is 10.1. The second kappa shape index (κ2) is 3.42. The Bertz CT molecular complexity index is 374. The maximum Gasteiger partial charge on any atom is 0.254 e. The zero-order valence-corrected chi connectivity index (χ0v) is 8.41. The largest absolute Gasteiger partial charge is 0.380 e. The Kier molecular flexibility index (Phi) is 2.25. The maximum absolute atomic E-state index is 11.6. The highest BCUT2D eigenvalue weighted by atomic mass is 16.5. The van der Waals surface area contributed by atoms with E-state index in [1.807, 2.05) is 25.2 Å². The van der Waals surface area contributed by atoms with Crippen molar-refractivity contribution >= 4 is 5.91 Å². The van der Waals surface area contributed by atoms with E-state index in [1.165, 1.54) is 0 Å². The van der Waals surface area contributed by atoms with Gasteiger partial charge < -0.3 is 9.64 Å². The number of hydrogen-bond acceptors (Lipinski definition) is 2. The van der Waals surface area contributed by atoms with E-state index in [0.29, 0.717) is 6.61 Å². The smallest absolute Gasteiger partial charge is 0.254 e. The van der Waals surface area contributed by atoms with Crippen molar-refractivity contribution in [3.8, 4) is 0 Å². The normalized spacial score (nSPS) is 14.7. The third-order valence-electron chi connectivity index (χ3n) is 2.47. The van der Waals surface area contributed by atoms with Crippen molar-refractivity contribution < 1.29 is 9.53 Å². The fourth-order valence-corrected chi connectivity index (χ4v) is 1.75. The van der Waals surface area contributed by atoms with Gasteiger partial charge in [-0.2, -0.15) is 0 Å². The first-order valence-corrected chi connectivity index (χ1v) is 4.58. The summed E-state index contributed by atoms with van der Waals surface area (Å²) in [6, 6.07) is 5.94. The lowest BCUT2D eigenvalue weighted by atomic mass is 10.1. The van der Waals surface area contributed by atoms with Gasteiger partial charge in [-0.3, -0.25) is 4.79 Å². The van der Waals surface area contributed by atoms with Crippen LogP contribution in [0.25, 0.3) is 0 Å². The maximum atomic E-state index is 11.6. The molecule has 1 aromatic rings. The summed E-state index contributed by atoms with van der Waals surface area (Å²) in [4.78, 5) is 13.4. The molecular formula is C11H13NO2. The second-order valence-corrected chi connectivity index (χ2v) is 3.59. The van der Waals surface area contributed by atoms with Crippen LogP contribution in [0, 0.1) is 0 Å². The lowest BCUT2D eigenvalue weighted by molar-refractivity contribution is 0.0816. The molecule has 0 saturated carbocycles. The Balaban J connectivity index is 2.36. The minimum Gasteiger partial charge on any atom is -0.380 e. The number of benzene rings is 1. The molecule has 1 aromatic carbocycles. The van der Waals surface area contributed by atoms with Crippen LogP contribution in [-0.4, -0.2) is 25.0 Å². The van der Waals surface area contributed by atoms with Crippen molar-refractivity contribution in [2.45, 2.75) is 13.2 Å². The van der Waals surface area contributed by atoms with Crippen molar-refractivity contribution in [3.05, 3.63) is 34.9 Å². The SMILES string of the molecule is COCc1ccc2c(c1)C(=O)N(C)C2. The van der Waals surface area contributed by atoms with E-state index in [0.717, 1.165) is 23.2 Å². The first-order valence-electron chi connectivity index (χ1n) is 4.58. The summed E-state index contributed by atoms with van der Waals surface area (Å²) in [5, 5.41) is 0. The summed E-state index contributed by atoms with van der Waals surface area (Å²) in [5.74, 6) is 0.109. The minimum absolute atomic E-state index is 0.109. The first-order chi connectivity index (χ1) is 6.72. The molecule has 3 heteroatoms. The standard InChI is InChI=1S/C11H13NO2/c1-12-6-9-4-3-8(7-14-2)5-10(9)11(12)13/h3-5H,6-7H2,1-2H3. The van der Waals surface area contributed by atoms with Gasteiger partial charge in [0, 0.05) is 26.3 Å². The van der Waals surface area contributed by atoms with Crippen molar-refractivity contribution in [1.29, 1.82) is 0 Å². The number of rotatable bonds is 2. The van der Waals surface area contributed by atoms with E-state index in [2.05, 4.69) is 0 Å². The summed E-state index contributed by atoms with van der Waals surface area (Å²) >= 11 is 0. The number of carbonyl (C=O) groups is 1. The van der Waals surface area contributed by atoms with Gasteiger partial charge in [0.15, 0.2) is 0 Å². The van der Waals surface area contributed by atoms with Crippen molar-refractivity contribution in [2.75, 3.05) is 14.2 Å². The van der Waals surface area contributed by atoms with E-state index in [-0.39, 0.29) is 5.91 Å². The van der Waals surface area contributed by atoms with Crippen LogP contribution in [0.1, 0.15) is 21.5 Å². The quantitative estimate of drug-likeness (QED) is 0.707. The monoisotopic (exact) mass is 191 g/mol. The van der Waals surface area contributed by atoms with Crippen LogP contribution in [0.4, 0.5) is 0 Å². The molecule has 0 aliphatic carbocycles. The van der Waals surface area contributed by atoms with Crippen LogP contribution in [0.5, 0.6) is 0 Å². The van der Waals surface area contributed by atoms with Crippen molar-refractivity contribution in [2.24, 2.45) is 0 Å². The molecule has 0 bridgehead atoms. The topological polar surface area (TPSA) is 29.5 Å². The second-order valence-electron chi connectivity index (χ2n) is 3.59. The van der Waals surface area contributed by atoms with E-state index in [9.17, 15) is 4.79 Å². The molecule has 0 spiro atoms. The number of ether oxygens (including phenoxy) is 1. The Hall–Kier alpha value is -1.35. The highest BCUT2D eigenvalue weighted by molar-refractivity contribution is 5.98. The Morgan fingerprint density at radius 3 is 3.00 bits per heavy atom. The van der Waals surface area contributed by atoms with Gasteiger partial charge in [-0.05, 0) is 17.2 Å². The molecule has 0 aromatic heterocycles. The molecule has 0 atom stereocenters. The highest BCUT2D eigenvalue weighted by Crippen LogP contribution is 2.22. The van der Waals surface area contributed by atoms with Crippen LogP contribution in [0.15, 0.2) is 18.2 Å². The number of carbonyl (C=O) groups excluding carboxylic acids is 1. The summed E-state index contributed by atoms with van der Waals surface area (Å²) in [6.45, 7) is 1.28. The summed E-state index contributed by atoms with van der Waals surface area (Å²) in [5.41, 5.74) is 2.98. The van der Waals surface area contributed by atoms with Crippen LogP contribution < -0.4 is 0 Å². The van der Waals surface area contributed by atoms with Gasteiger partial charge in [0.2, 0.25) is 0 Å². The molecular weight excluding hydrogens is 178 g/mol. The minimum atomic E-state index is 0.109. The number of nitrogens with zero attached hydrogens (tertiary/aromatic N) is 1. The van der Waals surface area contributed by atoms with Gasteiger partial charge >= 0.3 is 0 Å². The van der Waals surface area contributed by atoms with E-state index < -0.39 is 0 Å². The molecule has 0 saturated heterocycles. The van der Waals surface area contributed by atoms with Gasteiger partial charge in [-0.15, -0.1) is 0 Å². The van der Waals surface area contributed by atoms with Gasteiger partial charge in [0.1, 0.15) is 0 Å². The molecule has 1 aliphatic rings. The van der Waals surface area contributed by atoms with Gasteiger partial charge in [-0.25, -0.2) is 0 Å². The van der Waals surface area contributed by atoms with Gasteiger partial charge in [0.25, 0.3) is 5.91 Å². The summed E-state index contributed by atoms with van der Waals surface area (Å²) < 4.78 is 5.02. The third kappa shape index (κ3) is 1.40. The summed E-state index contributed by atoms with van der Waals surface area (Å²) in [7, 11) is 3.47. The van der Waals surface area contributed by atoms with Crippen LogP contribution in [0.2, 0.25) is 0 Å². The molecule has 74 valence electrons. The van der Waals surface area contributed by atoms with Crippen LogP contribution in [0.3, 0.4) is 0 Å². The van der Waals surface area contributed by atoms with Crippen molar-refractivity contribution in [3.63, 3.8) is 0 Å². The van der Waals surface area contributed by atoms with Crippen LogP contribution in [-0.2, 0) is 17.9 Å². The molecule has 0 unspecified atom stereocenters. The Morgan fingerprint density at radius 2 is 2.29 bits per heavy atom. The number of hydrogen-bond donors (Lipinski definition) is 0. The fourth-order valence-electron chi connectivity index (χ4n) is 1.75. The average molecular weight is 191 g/mol. The predicted octanol–water partition coefficient (Wildman–Crippen LogP) is 1.42. The lowest BCUT2D eigenvalue weighted by Crippen LogP contribution is -2.17. The summed E-state index contributed by atoms with van der Waals surface area (Å²) in [6.07, 6.45) is 0.